The average molecular weight is 207 g/mol. The van der Waals surface area contributed by atoms with Crippen molar-refractivity contribution in [3.05, 3.63) is 35.4 Å². The minimum Gasteiger partial charge on any atom is -0.481 e. The van der Waals surface area contributed by atoms with Gasteiger partial charge in [-0.1, -0.05) is 24.3 Å². The lowest BCUT2D eigenvalue weighted by molar-refractivity contribution is -0.136. The van der Waals surface area contributed by atoms with E-state index in [4.69, 9.17) is 10.8 Å². The third-order valence-corrected chi connectivity index (χ3v) is 2.01. The van der Waals surface area contributed by atoms with Crippen molar-refractivity contribution in [2.24, 2.45) is 5.73 Å². The second kappa shape index (κ2) is 4.45. The first-order chi connectivity index (χ1) is 6.87. The second-order valence-electron chi connectivity index (χ2n) is 4.56. The standard InChI is InChI=1S/C12H17NO2/c1-12(2,13)8-10-5-3-4-9(6-10)7-11(14)15/h3-6H,7-8,13H2,1-2H3,(H,14,15). The van der Waals surface area contributed by atoms with Crippen LogP contribution in [0.5, 0.6) is 0 Å². The van der Waals surface area contributed by atoms with E-state index in [1.165, 1.54) is 0 Å². The molecule has 0 aromatic heterocycles. The van der Waals surface area contributed by atoms with E-state index < -0.39 is 5.97 Å². The van der Waals surface area contributed by atoms with Crippen LogP contribution in [0.15, 0.2) is 24.3 Å². The van der Waals surface area contributed by atoms with Gasteiger partial charge in [0.15, 0.2) is 0 Å². The highest BCUT2D eigenvalue weighted by Crippen LogP contribution is 2.12. The van der Waals surface area contributed by atoms with Gasteiger partial charge in [0.2, 0.25) is 0 Å². The molecular weight excluding hydrogens is 190 g/mol. The van der Waals surface area contributed by atoms with Crippen LogP contribution in [-0.2, 0) is 17.6 Å². The molecule has 0 saturated heterocycles. The van der Waals surface area contributed by atoms with Gasteiger partial charge in [0, 0.05) is 5.54 Å². The van der Waals surface area contributed by atoms with Crippen molar-refractivity contribution in [2.75, 3.05) is 0 Å². The topological polar surface area (TPSA) is 63.3 Å². The molecule has 3 nitrogen and oxygen atoms in total. The fourth-order valence-corrected chi connectivity index (χ4v) is 1.55. The molecule has 0 aliphatic carbocycles. The Kier molecular flexibility index (Phi) is 3.48. The van der Waals surface area contributed by atoms with Crippen LogP contribution in [0.1, 0.15) is 25.0 Å². The molecule has 0 atom stereocenters. The largest absolute Gasteiger partial charge is 0.481 e. The quantitative estimate of drug-likeness (QED) is 0.788. The summed E-state index contributed by atoms with van der Waals surface area (Å²) in [6.07, 6.45) is 0.819. The van der Waals surface area contributed by atoms with E-state index >= 15 is 0 Å². The third kappa shape index (κ3) is 4.61. The van der Waals surface area contributed by atoms with E-state index in [0.717, 1.165) is 17.5 Å². The smallest absolute Gasteiger partial charge is 0.307 e. The lowest BCUT2D eigenvalue weighted by atomic mass is 9.95. The van der Waals surface area contributed by atoms with Crippen molar-refractivity contribution >= 4 is 5.97 Å². The first-order valence-electron chi connectivity index (χ1n) is 4.95. The Labute approximate surface area is 89.9 Å². The van der Waals surface area contributed by atoms with Crippen LogP contribution in [-0.4, -0.2) is 16.6 Å². The molecule has 0 spiro atoms. The van der Waals surface area contributed by atoms with E-state index in [-0.39, 0.29) is 12.0 Å². The molecule has 1 aromatic rings. The van der Waals surface area contributed by atoms with Crippen LogP contribution >= 0.6 is 0 Å². The predicted molar refractivity (Wildman–Crippen MR) is 59.8 cm³/mol. The molecule has 0 aliphatic rings. The molecule has 3 N–H and O–H groups in total. The Morgan fingerprint density at radius 2 is 2.00 bits per heavy atom. The number of benzene rings is 1. The van der Waals surface area contributed by atoms with Crippen molar-refractivity contribution in [2.45, 2.75) is 32.2 Å². The number of carbonyl (C=O) groups is 1. The molecule has 0 aliphatic heterocycles. The maximum absolute atomic E-state index is 10.5. The van der Waals surface area contributed by atoms with Crippen LogP contribution in [0.4, 0.5) is 0 Å². The van der Waals surface area contributed by atoms with Crippen LogP contribution in [0.25, 0.3) is 0 Å². The molecule has 3 heteroatoms. The summed E-state index contributed by atoms with van der Waals surface area (Å²) in [6, 6.07) is 7.57. The van der Waals surface area contributed by atoms with Gasteiger partial charge in [0.1, 0.15) is 0 Å². The summed E-state index contributed by atoms with van der Waals surface area (Å²) < 4.78 is 0. The lowest BCUT2D eigenvalue weighted by Crippen LogP contribution is -2.34. The Morgan fingerprint density at radius 1 is 1.40 bits per heavy atom. The van der Waals surface area contributed by atoms with Crippen molar-refractivity contribution in [3.63, 3.8) is 0 Å². The van der Waals surface area contributed by atoms with Crippen molar-refractivity contribution in [1.29, 1.82) is 0 Å². The first-order valence-corrected chi connectivity index (χ1v) is 4.95. The van der Waals surface area contributed by atoms with Crippen LogP contribution in [0, 0.1) is 0 Å². The molecule has 0 fully saturated rings. The molecule has 0 amide bonds. The van der Waals surface area contributed by atoms with E-state index in [2.05, 4.69) is 0 Å². The Bertz CT molecular complexity index is 353. The number of aliphatic carboxylic acids is 1. The summed E-state index contributed by atoms with van der Waals surface area (Å²) in [5.74, 6) is -0.806. The summed E-state index contributed by atoms with van der Waals surface area (Å²) in [7, 11) is 0. The predicted octanol–water partition coefficient (Wildman–Crippen LogP) is 1.59. The summed E-state index contributed by atoms with van der Waals surface area (Å²) in [5, 5.41) is 8.67. The van der Waals surface area contributed by atoms with E-state index in [9.17, 15) is 4.79 Å². The summed E-state index contributed by atoms with van der Waals surface area (Å²) in [6.45, 7) is 3.91. The van der Waals surface area contributed by atoms with Gasteiger partial charge in [-0.2, -0.15) is 0 Å². The highest BCUT2D eigenvalue weighted by molar-refractivity contribution is 5.70. The maximum Gasteiger partial charge on any atom is 0.307 e. The SMILES string of the molecule is CC(C)(N)Cc1cccc(CC(=O)O)c1. The van der Waals surface area contributed by atoms with Gasteiger partial charge in [-0.3, -0.25) is 4.79 Å². The first kappa shape index (κ1) is 11.7. The van der Waals surface area contributed by atoms with Crippen molar-refractivity contribution < 1.29 is 9.90 Å². The molecule has 0 bridgehead atoms. The molecule has 82 valence electrons. The minimum atomic E-state index is -0.806. The van der Waals surface area contributed by atoms with Crippen LogP contribution in [0.3, 0.4) is 0 Å². The van der Waals surface area contributed by atoms with Crippen molar-refractivity contribution in [1.82, 2.24) is 0 Å². The van der Waals surface area contributed by atoms with E-state index in [1.807, 2.05) is 38.1 Å². The van der Waals surface area contributed by atoms with E-state index in [0.29, 0.717) is 0 Å². The van der Waals surface area contributed by atoms with Gasteiger partial charge in [-0.05, 0) is 31.4 Å². The molecule has 0 heterocycles. The molecule has 1 aromatic carbocycles. The summed E-state index contributed by atoms with van der Waals surface area (Å²) in [4.78, 5) is 10.5. The van der Waals surface area contributed by atoms with Gasteiger partial charge >= 0.3 is 5.97 Å². The highest BCUT2D eigenvalue weighted by atomic mass is 16.4. The average Bonchev–Trinajstić information content (AvgIpc) is 1.99. The van der Waals surface area contributed by atoms with Gasteiger partial charge < -0.3 is 10.8 Å². The maximum atomic E-state index is 10.5. The van der Waals surface area contributed by atoms with Gasteiger partial charge in [0.25, 0.3) is 0 Å². The zero-order valence-corrected chi connectivity index (χ0v) is 9.16. The molecule has 0 unspecified atom stereocenters. The number of rotatable bonds is 4. The lowest BCUT2D eigenvalue weighted by Gasteiger charge is -2.18. The molecule has 15 heavy (non-hydrogen) atoms. The van der Waals surface area contributed by atoms with Crippen LogP contribution < -0.4 is 5.73 Å². The number of hydrogen-bond donors (Lipinski definition) is 2. The molecular formula is C12H17NO2. The van der Waals surface area contributed by atoms with Gasteiger partial charge in [-0.25, -0.2) is 0 Å². The third-order valence-electron chi connectivity index (χ3n) is 2.01. The van der Waals surface area contributed by atoms with E-state index in [1.54, 1.807) is 0 Å². The van der Waals surface area contributed by atoms with Crippen LogP contribution in [0.2, 0.25) is 0 Å². The Hall–Kier alpha value is -1.35. The number of nitrogens with two attached hydrogens (primary N) is 1. The highest BCUT2D eigenvalue weighted by Gasteiger charge is 2.12. The zero-order valence-electron chi connectivity index (χ0n) is 9.16. The normalized spacial score (nSPS) is 11.4. The summed E-state index contributed by atoms with van der Waals surface area (Å²) in [5.41, 5.74) is 7.55. The van der Waals surface area contributed by atoms with Gasteiger partial charge in [0.05, 0.1) is 6.42 Å². The number of carboxylic acid groups (broad SMARTS) is 1. The van der Waals surface area contributed by atoms with Gasteiger partial charge in [-0.15, -0.1) is 0 Å². The number of hydrogen-bond acceptors (Lipinski definition) is 2. The summed E-state index contributed by atoms with van der Waals surface area (Å²) >= 11 is 0. The fraction of sp³-hybridized carbons (Fsp3) is 0.417. The zero-order chi connectivity index (χ0) is 11.5. The monoisotopic (exact) mass is 207 g/mol. The molecule has 0 radical (unpaired) electrons. The van der Waals surface area contributed by atoms with Crippen molar-refractivity contribution in [3.8, 4) is 0 Å². The number of carboxylic acids is 1. The minimum absolute atomic E-state index is 0.0683. The molecule has 0 saturated carbocycles. The Balaban J connectivity index is 2.79. The molecule has 1 rings (SSSR count). The Morgan fingerprint density at radius 3 is 2.53 bits per heavy atom. The fourth-order valence-electron chi connectivity index (χ4n) is 1.55. The second-order valence-corrected chi connectivity index (χ2v) is 4.56.